The second kappa shape index (κ2) is 18.0. The van der Waals surface area contributed by atoms with Crippen LogP contribution < -0.4 is 21.7 Å². The molecule has 34 heavy (non-hydrogen) atoms. The van der Waals surface area contributed by atoms with Crippen molar-refractivity contribution in [3.05, 3.63) is 24.3 Å². The van der Waals surface area contributed by atoms with E-state index < -0.39 is 12.7 Å². The summed E-state index contributed by atoms with van der Waals surface area (Å²) in [5, 5.41) is 0.242. The zero-order valence-electron chi connectivity index (χ0n) is 22.5. The van der Waals surface area contributed by atoms with E-state index in [0.717, 1.165) is 17.7 Å². The van der Waals surface area contributed by atoms with Gasteiger partial charge in [-0.1, -0.05) is 58.7 Å². The number of hydrogen-bond acceptors (Lipinski definition) is 4. The molecule has 0 saturated heterocycles. The van der Waals surface area contributed by atoms with Gasteiger partial charge in [-0.2, -0.15) is 0 Å². The van der Waals surface area contributed by atoms with Crippen molar-refractivity contribution in [1.82, 2.24) is 0 Å². The fraction of sp³-hybridized carbons (Fsp3) is 0.714. The number of hydrogen-bond donors (Lipinski definition) is 0. The van der Waals surface area contributed by atoms with Gasteiger partial charge in [-0.15, -0.1) is 0 Å². The molecular weight excluding hydrogens is 527 g/mol. The molecule has 1 aromatic rings. The first kappa shape index (κ1) is 33.6. The van der Waals surface area contributed by atoms with Gasteiger partial charge in [0.2, 0.25) is 0 Å². The fourth-order valence-electron chi connectivity index (χ4n) is 3.86. The van der Waals surface area contributed by atoms with E-state index in [-0.39, 0.29) is 28.1 Å². The number of unbranched alkanes of at least 4 members (excludes halogenated alkanes) is 3. The Bertz CT molecular complexity index is 684. The summed E-state index contributed by atoms with van der Waals surface area (Å²) in [5.41, 5.74) is -0.493. The predicted molar refractivity (Wildman–Crippen MR) is 147 cm³/mol. The van der Waals surface area contributed by atoms with E-state index in [4.69, 9.17) is 4.74 Å². The first-order chi connectivity index (χ1) is 15.7. The summed E-state index contributed by atoms with van der Waals surface area (Å²) < 4.78 is 5.50. The second-order valence-electron chi connectivity index (χ2n) is 9.97. The molecule has 1 rings (SSSR count). The Labute approximate surface area is 225 Å². The molecule has 0 atom stereocenters. The molecule has 0 aromatic heterocycles. The van der Waals surface area contributed by atoms with E-state index >= 15 is 0 Å². The number of carbonyl (C=O) groups excluding carboxylic acids is 2. The first-order valence-corrected chi connectivity index (χ1v) is 16.4. The largest absolute Gasteiger partial charge is 1.00 e. The Hall–Kier alpha value is -0.380. The number of carbonyl (C=O) groups is 2. The number of esters is 1. The van der Waals surface area contributed by atoms with Crippen molar-refractivity contribution in [3.63, 3.8) is 0 Å². The Balaban J connectivity index is 0.0000109. The molecule has 0 spiro atoms. The molecular formula is C28H48BrO3PS. The van der Waals surface area contributed by atoms with Crippen LogP contribution in [0.2, 0.25) is 0 Å². The quantitative estimate of drug-likeness (QED) is 0.101. The lowest BCUT2D eigenvalue weighted by molar-refractivity contribution is -0.144. The highest BCUT2D eigenvalue weighted by Crippen LogP contribution is 2.61. The molecule has 1 aromatic carbocycles. The standard InChI is InChI=1S/C28H48O3PS.BrH/c1-7-11-20-32(21-12-8-2,22-13-9-3)23-14-15-26(29)33-25-18-16-24(17-19-25)31-27(30)28(5,6)10-4;/h16-19H,7-15,20-23H2,1-6H3;1H/q+1;/p-1. The van der Waals surface area contributed by atoms with Gasteiger partial charge in [0, 0.05) is 18.6 Å². The minimum Gasteiger partial charge on any atom is -1.00 e. The SMILES string of the molecule is CCCC[P+](CCCC)(CCCC)CCCC(=O)Sc1ccc(OC(=O)C(C)(C)CC)cc1.[Br-]. The van der Waals surface area contributed by atoms with Crippen molar-refractivity contribution in [2.24, 2.45) is 5.41 Å². The van der Waals surface area contributed by atoms with Gasteiger partial charge in [-0.3, -0.25) is 9.59 Å². The molecule has 0 saturated carbocycles. The zero-order chi connectivity index (χ0) is 24.7. The van der Waals surface area contributed by atoms with Gasteiger partial charge in [0.25, 0.3) is 0 Å². The summed E-state index contributed by atoms with van der Waals surface area (Å²) in [6.45, 7) is 12.7. The van der Waals surface area contributed by atoms with E-state index in [1.165, 1.54) is 74.9 Å². The van der Waals surface area contributed by atoms with E-state index in [2.05, 4.69) is 20.8 Å². The molecule has 0 N–H and O–H groups in total. The molecule has 6 heteroatoms. The summed E-state index contributed by atoms with van der Waals surface area (Å²) in [6.07, 6.45) is 15.8. The highest BCUT2D eigenvalue weighted by Gasteiger charge is 2.35. The summed E-state index contributed by atoms with van der Waals surface area (Å²) in [4.78, 5) is 25.8. The maximum Gasteiger partial charge on any atom is 0.316 e. The molecule has 0 unspecified atom stereocenters. The maximum atomic E-state index is 12.7. The third kappa shape index (κ3) is 12.5. The number of halogens is 1. The average Bonchev–Trinajstić information content (AvgIpc) is 2.80. The van der Waals surface area contributed by atoms with Crippen LogP contribution in [0.3, 0.4) is 0 Å². The molecule has 0 aliphatic rings. The molecule has 0 aliphatic heterocycles. The summed E-state index contributed by atoms with van der Waals surface area (Å²) >= 11 is 1.32. The highest BCUT2D eigenvalue weighted by molar-refractivity contribution is 8.13. The number of ether oxygens (including phenoxy) is 1. The fourth-order valence-corrected chi connectivity index (χ4v) is 9.77. The van der Waals surface area contributed by atoms with Crippen molar-refractivity contribution in [2.75, 3.05) is 24.6 Å². The summed E-state index contributed by atoms with van der Waals surface area (Å²) in [7, 11) is -0.931. The molecule has 0 amide bonds. The van der Waals surface area contributed by atoms with E-state index in [0.29, 0.717) is 12.2 Å². The van der Waals surface area contributed by atoms with Gasteiger partial charge >= 0.3 is 5.97 Å². The van der Waals surface area contributed by atoms with Crippen LogP contribution in [0, 0.1) is 5.41 Å². The topological polar surface area (TPSA) is 43.4 Å². The minimum absolute atomic E-state index is 0. The van der Waals surface area contributed by atoms with Crippen LogP contribution >= 0.6 is 19.0 Å². The van der Waals surface area contributed by atoms with Crippen LogP contribution in [-0.2, 0) is 9.59 Å². The monoisotopic (exact) mass is 574 g/mol. The Morgan fingerprint density at radius 2 is 1.29 bits per heavy atom. The molecule has 0 heterocycles. The van der Waals surface area contributed by atoms with Gasteiger partial charge in [-0.25, -0.2) is 0 Å². The van der Waals surface area contributed by atoms with Crippen molar-refractivity contribution in [3.8, 4) is 5.75 Å². The van der Waals surface area contributed by atoms with E-state index in [9.17, 15) is 9.59 Å². The molecule has 0 radical (unpaired) electrons. The van der Waals surface area contributed by atoms with Crippen molar-refractivity contribution in [1.29, 1.82) is 0 Å². The van der Waals surface area contributed by atoms with Crippen LogP contribution in [0.15, 0.2) is 29.2 Å². The normalized spacial score (nSPS) is 11.7. The van der Waals surface area contributed by atoms with Crippen LogP contribution in [0.25, 0.3) is 0 Å². The van der Waals surface area contributed by atoms with Crippen LogP contribution in [0.5, 0.6) is 5.75 Å². The highest BCUT2D eigenvalue weighted by atomic mass is 79.9. The molecule has 0 fully saturated rings. The van der Waals surface area contributed by atoms with E-state index in [1.807, 2.05) is 32.9 Å². The second-order valence-corrected chi connectivity index (χ2v) is 15.6. The lowest BCUT2D eigenvalue weighted by atomic mass is 9.91. The van der Waals surface area contributed by atoms with Crippen molar-refractivity contribution in [2.45, 2.75) is 104 Å². The maximum absolute atomic E-state index is 12.7. The average molecular weight is 576 g/mol. The predicted octanol–water partition coefficient (Wildman–Crippen LogP) is 5.85. The van der Waals surface area contributed by atoms with Crippen LogP contribution in [0.1, 0.15) is 99.3 Å². The lowest BCUT2D eigenvalue weighted by Crippen LogP contribution is -3.00. The Morgan fingerprint density at radius 1 is 0.824 bits per heavy atom. The van der Waals surface area contributed by atoms with Crippen molar-refractivity contribution < 1.29 is 31.3 Å². The van der Waals surface area contributed by atoms with Crippen LogP contribution in [0.4, 0.5) is 0 Å². The van der Waals surface area contributed by atoms with E-state index in [1.54, 1.807) is 12.1 Å². The zero-order valence-corrected chi connectivity index (χ0v) is 25.8. The molecule has 0 aliphatic carbocycles. The Morgan fingerprint density at radius 3 is 1.74 bits per heavy atom. The number of thioether (sulfide) groups is 1. The van der Waals surface area contributed by atoms with Gasteiger partial charge < -0.3 is 21.7 Å². The van der Waals surface area contributed by atoms with Gasteiger partial charge in [-0.05, 0) is 70.2 Å². The molecule has 196 valence electrons. The first-order valence-electron chi connectivity index (χ1n) is 13.1. The summed E-state index contributed by atoms with van der Waals surface area (Å²) in [5.74, 6) is 0.318. The third-order valence-corrected chi connectivity index (χ3v) is 12.7. The molecule has 3 nitrogen and oxygen atoms in total. The van der Waals surface area contributed by atoms with Gasteiger partial charge in [0.15, 0.2) is 5.12 Å². The van der Waals surface area contributed by atoms with Gasteiger partial charge in [0.1, 0.15) is 5.75 Å². The minimum atomic E-state index is -0.931. The lowest BCUT2D eigenvalue weighted by Gasteiger charge is -2.28. The summed E-state index contributed by atoms with van der Waals surface area (Å²) in [6, 6.07) is 7.34. The smallest absolute Gasteiger partial charge is 0.316 e. The van der Waals surface area contributed by atoms with Crippen molar-refractivity contribution >= 4 is 30.1 Å². The number of rotatable bonds is 17. The Kier molecular flexibility index (Phi) is 17.8. The van der Waals surface area contributed by atoms with Gasteiger partial charge in [0.05, 0.1) is 30.1 Å². The number of benzene rings is 1. The van der Waals surface area contributed by atoms with Crippen LogP contribution in [-0.4, -0.2) is 35.7 Å². The third-order valence-electron chi connectivity index (χ3n) is 6.67. The molecule has 0 bridgehead atoms.